The molecule has 0 atom stereocenters. The summed E-state index contributed by atoms with van der Waals surface area (Å²) in [6.45, 7) is 2.00. The number of aryl methyl sites for hydroxylation is 1. The minimum atomic E-state index is -0.518. The first-order valence-corrected chi connectivity index (χ1v) is 8.13. The number of halogens is 2. The molecule has 24 heavy (non-hydrogen) atoms. The predicted molar refractivity (Wildman–Crippen MR) is 93.1 cm³/mol. The van der Waals surface area contributed by atoms with E-state index in [1.165, 1.54) is 18.2 Å². The van der Waals surface area contributed by atoms with E-state index in [1.54, 1.807) is 17.4 Å². The van der Waals surface area contributed by atoms with Crippen LogP contribution in [-0.4, -0.2) is 22.3 Å². The molecule has 1 aromatic carbocycles. The molecule has 0 spiro atoms. The molecule has 3 rings (SSSR count). The van der Waals surface area contributed by atoms with Gasteiger partial charge in [0, 0.05) is 10.4 Å². The Morgan fingerprint density at radius 3 is 2.96 bits per heavy atom. The second kappa shape index (κ2) is 6.94. The maximum Gasteiger partial charge on any atom is 0.291 e. The van der Waals surface area contributed by atoms with E-state index in [0.29, 0.717) is 0 Å². The van der Waals surface area contributed by atoms with Gasteiger partial charge in [-0.1, -0.05) is 17.7 Å². The van der Waals surface area contributed by atoms with E-state index in [9.17, 15) is 9.18 Å². The van der Waals surface area contributed by atoms with Crippen LogP contribution in [0.4, 0.5) is 4.39 Å². The Morgan fingerprint density at radius 2 is 2.25 bits per heavy atom. The SMILES string of the molecule is Cc1ccc(-c2cc(C(=O)NN=Cc3c(F)cccc3Cl)n[nH]2)s1. The van der Waals surface area contributed by atoms with Crippen molar-refractivity contribution in [1.29, 1.82) is 0 Å². The van der Waals surface area contributed by atoms with Crippen LogP contribution in [0.15, 0.2) is 41.5 Å². The lowest BCUT2D eigenvalue weighted by Crippen LogP contribution is -2.18. The molecular weight excluding hydrogens is 351 g/mol. The molecule has 2 aromatic heterocycles. The third-order valence-corrected chi connectivity index (χ3v) is 4.54. The van der Waals surface area contributed by atoms with E-state index in [-0.39, 0.29) is 16.3 Å². The molecule has 0 unspecified atom stereocenters. The van der Waals surface area contributed by atoms with Crippen LogP contribution in [0.5, 0.6) is 0 Å². The Labute approximate surface area is 146 Å². The Bertz CT molecular complexity index is 898. The molecular formula is C16H12ClFN4OS. The molecule has 0 aliphatic carbocycles. The number of hydrogen-bond donors (Lipinski definition) is 2. The quantitative estimate of drug-likeness (QED) is 0.544. The van der Waals surface area contributed by atoms with Crippen molar-refractivity contribution in [2.75, 3.05) is 0 Å². The van der Waals surface area contributed by atoms with Gasteiger partial charge < -0.3 is 0 Å². The third kappa shape index (κ3) is 3.52. The molecule has 1 amide bonds. The molecule has 0 aliphatic rings. The largest absolute Gasteiger partial charge is 0.291 e. The Balaban J connectivity index is 1.70. The first-order chi connectivity index (χ1) is 11.5. The van der Waals surface area contributed by atoms with Crippen molar-refractivity contribution in [3.8, 4) is 10.6 Å². The fraction of sp³-hybridized carbons (Fsp3) is 0.0625. The molecule has 0 bridgehead atoms. The molecule has 0 saturated carbocycles. The van der Waals surface area contributed by atoms with Crippen LogP contribution < -0.4 is 5.43 Å². The van der Waals surface area contributed by atoms with Gasteiger partial charge in [0.05, 0.1) is 21.8 Å². The van der Waals surface area contributed by atoms with Gasteiger partial charge in [-0.2, -0.15) is 10.2 Å². The number of benzene rings is 1. The number of aromatic amines is 1. The van der Waals surface area contributed by atoms with Gasteiger partial charge in [0.25, 0.3) is 5.91 Å². The van der Waals surface area contributed by atoms with Crippen molar-refractivity contribution in [2.45, 2.75) is 6.92 Å². The first kappa shape index (κ1) is 16.4. The van der Waals surface area contributed by atoms with Crippen LogP contribution >= 0.6 is 22.9 Å². The lowest BCUT2D eigenvalue weighted by Gasteiger charge is -1.99. The molecule has 122 valence electrons. The van der Waals surface area contributed by atoms with Gasteiger partial charge in [0.2, 0.25) is 0 Å². The number of nitrogens with one attached hydrogen (secondary N) is 2. The van der Waals surface area contributed by atoms with Crippen LogP contribution in [0.2, 0.25) is 5.02 Å². The Kier molecular flexibility index (Phi) is 4.73. The van der Waals surface area contributed by atoms with Gasteiger partial charge >= 0.3 is 0 Å². The summed E-state index contributed by atoms with van der Waals surface area (Å²) in [5, 5.41) is 10.7. The molecule has 8 heteroatoms. The molecule has 0 saturated heterocycles. The standard InChI is InChI=1S/C16H12ClFN4OS/c1-9-5-6-15(24-9)13-7-14(21-20-13)16(23)22-19-8-10-11(17)3-2-4-12(10)18/h2-8H,1H3,(H,20,21)(H,22,23). The van der Waals surface area contributed by atoms with E-state index >= 15 is 0 Å². The number of H-pyrrole nitrogens is 1. The smallest absolute Gasteiger partial charge is 0.276 e. The summed E-state index contributed by atoms with van der Waals surface area (Å²) in [6.07, 6.45) is 1.16. The predicted octanol–water partition coefficient (Wildman–Crippen LogP) is 4.00. The van der Waals surface area contributed by atoms with Crippen molar-refractivity contribution >= 4 is 35.1 Å². The van der Waals surface area contributed by atoms with Crippen LogP contribution in [-0.2, 0) is 0 Å². The Hall–Kier alpha value is -2.51. The lowest BCUT2D eigenvalue weighted by molar-refractivity contribution is 0.0950. The number of aromatic nitrogens is 2. The van der Waals surface area contributed by atoms with Crippen LogP contribution in [0, 0.1) is 12.7 Å². The van der Waals surface area contributed by atoms with Crippen molar-refractivity contribution in [3.63, 3.8) is 0 Å². The van der Waals surface area contributed by atoms with E-state index in [1.807, 2.05) is 19.1 Å². The van der Waals surface area contributed by atoms with E-state index in [4.69, 9.17) is 11.6 Å². The maximum absolute atomic E-state index is 13.6. The highest BCUT2D eigenvalue weighted by Crippen LogP contribution is 2.26. The number of amides is 1. The van der Waals surface area contributed by atoms with Gasteiger partial charge in [-0.15, -0.1) is 11.3 Å². The third-order valence-electron chi connectivity index (χ3n) is 3.18. The monoisotopic (exact) mass is 362 g/mol. The van der Waals surface area contributed by atoms with E-state index < -0.39 is 11.7 Å². The van der Waals surface area contributed by atoms with Gasteiger partial charge in [-0.05, 0) is 37.3 Å². The van der Waals surface area contributed by atoms with Crippen molar-refractivity contribution in [2.24, 2.45) is 5.10 Å². The molecule has 2 N–H and O–H groups in total. The fourth-order valence-electron chi connectivity index (χ4n) is 1.99. The number of carbonyl (C=O) groups excluding carboxylic acids is 1. The number of carbonyl (C=O) groups is 1. The maximum atomic E-state index is 13.6. The summed E-state index contributed by atoms with van der Waals surface area (Å²) < 4.78 is 13.6. The number of hydrazone groups is 1. The fourth-order valence-corrected chi connectivity index (χ4v) is 3.04. The zero-order valence-electron chi connectivity index (χ0n) is 12.5. The number of hydrogen-bond acceptors (Lipinski definition) is 4. The normalized spacial score (nSPS) is 11.1. The summed E-state index contributed by atoms with van der Waals surface area (Å²) in [5.41, 5.74) is 3.34. The number of nitrogens with zero attached hydrogens (tertiary/aromatic N) is 2. The zero-order valence-corrected chi connectivity index (χ0v) is 14.1. The second-order valence-electron chi connectivity index (χ2n) is 4.91. The molecule has 3 aromatic rings. The summed E-state index contributed by atoms with van der Waals surface area (Å²) in [6, 6.07) is 9.86. The molecule has 5 nitrogen and oxygen atoms in total. The van der Waals surface area contributed by atoms with Crippen molar-refractivity contribution in [1.82, 2.24) is 15.6 Å². The summed E-state index contributed by atoms with van der Waals surface area (Å²) >= 11 is 7.47. The zero-order chi connectivity index (χ0) is 17.1. The summed E-state index contributed by atoms with van der Waals surface area (Å²) in [7, 11) is 0. The van der Waals surface area contributed by atoms with Crippen molar-refractivity contribution < 1.29 is 9.18 Å². The topological polar surface area (TPSA) is 70.1 Å². The van der Waals surface area contributed by atoms with Crippen LogP contribution in [0.3, 0.4) is 0 Å². The van der Waals surface area contributed by atoms with Gasteiger partial charge in [0.15, 0.2) is 5.69 Å². The number of rotatable bonds is 4. The van der Waals surface area contributed by atoms with Gasteiger partial charge in [0.1, 0.15) is 5.82 Å². The molecule has 2 heterocycles. The van der Waals surface area contributed by atoms with Gasteiger partial charge in [-0.25, -0.2) is 9.82 Å². The summed E-state index contributed by atoms with van der Waals surface area (Å²) in [4.78, 5) is 14.2. The van der Waals surface area contributed by atoms with E-state index in [0.717, 1.165) is 21.7 Å². The highest BCUT2D eigenvalue weighted by molar-refractivity contribution is 7.15. The molecule has 0 fully saturated rings. The number of thiophene rings is 1. The second-order valence-corrected chi connectivity index (χ2v) is 6.61. The average Bonchev–Trinajstić information content (AvgIpc) is 3.19. The minimum Gasteiger partial charge on any atom is -0.276 e. The highest BCUT2D eigenvalue weighted by Gasteiger charge is 2.12. The molecule has 0 radical (unpaired) electrons. The summed E-state index contributed by atoms with van der Waals surface area (Å²) in [5.74, 6) is -1.02. The van der Waals surface area contributed by atoms with E-state index in [2.05, 4.69) is 20.7 Å². The van der Waals surface area contributed by atoms with Gasteiger partial charge in [-0.3, -0.25) is 9.89 Å². The Morgan fingerprint density at radius 1 is 1.42 bits per heavy atom. The van der Waals surface area contributed by atoms with Crippen LogP contribution in [0.25, 0.3) is 10.6 Å². The first-order valence-electron chi connectivity index (χ1n) is 6.94. The van der Waals surface area contributed by atoms with Crippen LogP contribution in [0.1, 0.15) is 20.9 Å². The lowest BCUT2D eigenvalue weighted by atomic mass is 10.2. The molecule has 0 aliphatic heterocycles. The minimum absolute atomic E-state index is 0.108. The van der Waals surface area contributed by atoms with Crippen molar-refractivity contribution in [3.05, 3.63) is 63.4 Å². The highest BCUT2D eigenvalue weighted by atomic mass is 35.5. The average molecular weight is 363 g/mol.